The zero-order chi connectivity index (χ0) is 20.3. The minimum atomic E-state index is -1.54. The molecule has 5 atom stereocenters. The van der Waals surface area contributed by atoms with E-state index in [9.17, 15) is 30.6 Å². The molecule has 3 rings (SSSR count). The summed E-state index contributed by atoms with van der Waals surface area (Å²) in [7, 11) is 0. The largest absolute Gasteiger partial charge is 0.508 e. The van der Waals surface area contributed by atoms with Crippen LogP contribution in [0, 0.1) is 0 Å². The third-order valence-corrected chi connectivity index (χ3v) is 4.45. The normalized spacial score (nSPS) is 27.8. The zero-order valence-electron chi connectivity index (χ0n) is 14.8. The van der Waals surface area contributed by atoms with Crippen LogP contribution in [0.5, 0.6) is 17.2 Å². The molecule has 0 aromatic heterocycles. The zero-order valence-corrected chi connectivity index (χ0v) is 14.8. The molecule has 28 heavy (non-hydrogen) atoms. The van der Waals surface area contributed by atoms with Crippen molar-refractivity contribution in [3.63, 3.8) is 0 Å². The maximum atomic E-state index is 10.2. The van der Waals surface area contributed by atoms with Gasteiger partial charge in [-0.2, -0.15) is 0 Å². The fourth-order valence-electron chi connectivity index (χ4n) is 2.81. The van der Waals surface area contributed by atoms with Gasteiger partial charge in [0.05, 0.1) is 6.61 Å². The Balaban J connectivity index is 1.70. The number of hydrogen-bond donors (Lipinski definition) is 6. The minimum absolute atomic E-state index is 0.0860. The van der Waals surface area contributed by atoms with Crippen molar-refractivity contribution in [2.75, 3.05) is 6.61 Å². The molecule has 1 heterocycles. The number of hydrogen-bond acceptors (Lipinski definition) is 8. The number of benzene rings is 2. The van der Waals surface area contributed by atoms with E-state index in [1.807, 2.05) is 0 Å². The maximum absolute atomic E-state index is 10.2. The lowest BCUT2D eigenvalue weighted by molar-refractivity contribution is -0.277. The Morgan fingerprint density at radius 3 is 2.25 bits per heavy atom. The summed E-state index contributed by atoms with van der Waals surface area (Å²) in [4.78, 5) is 0. The third kappa shape index (κ3) is 4.44. The molecule has 8 heteroatoms. The third-order valence-electron chi connectivity index (χ3n) is 4.45. The summed E-state index contributed by atoms with van der Waals surface area (Å²) in [5.41, 5.74) is 1.34. The van der Waals surface area contributed by atoms with Gasteiger partial charge < -0.3 is 40.1 Å². The SMILES string of the molecule is OCC1OC(Oc2ccc(C=Cc3ccc(O)cc3)c(O)c2)C(O)C(O)C1O. The van der Waals surface area contributed by atoms with Gasteiger partial charge in [-0.15, -0.1) is 0 Å². The van der Waals surface area contributed by atoms with E-state index in [1.165, 1.54) is 12.1 Å². The Labute approximate surface area is 161 Å². The number of phenols is 2. The number of rotatable bonds is 5. The summed E-state index contributed by atoms with van der Waals surface area (Å²) in [5.74, 6) is 0.246. The van der Waals surface area contributed by atoms with Gasteiger partial charge >= 0.3 is 0 Å². The van der Waals surface area contributed by atoms with E-state index in [-0.39, 0.29) is 17.2 Å². The number of ether oxygens (including phenoxy) is 2. The second kappa shape index (κ2) is 8.59. The van der Waals surface area contributed by atoms with Gasteiger partial charge in [0.2, 0.25) is 6.29 Å². The monoisotopic (exact) mass is 390 g/mol. The van der Waals surface area contributed by atoms with Crippen molar-refractivity contribution in [2.45, 2.75) is 30.7 Å². The Morgan fingerprint density at radius 2 is 1.61 bits per heavy atom. The minimum Gasteiger partial charge on any atom is -0.508 e. The molecule has 0 bridgehead atoms. The van der Waals surface area contributed by atoms with Crippen molar-refractivity contribution >= 4 is 12.2 Å². The van der Waals surface area contributed by atoms with Crippen LogP contribution in [-0.4, -0.2) is 68.0 Å². The summed E-state index contributed by atoms with van der Waals surface area (Å²) in [5, 5.41) is 58.3. The molecule has 1 aliphatic rings. The van der Waals surface area contributed by atoms with Gasteiger partial charge in [-0.3, -0.25) is 0 Å². The van der Waals surface area contributed by atoms with Gasteiger partial charge in [0, 0.05) is 11.6 Å². The van der Waals surface area contributed by atoms with E-state index in [4.69, 9.17) is 9.47 Å². The van der Waals surface area contributed by atoms with Crippen LogP contribution in [0.3, 0.4) is 0 Å². The molecule has 6 N–H and O–H groups in total. The molecule has 150 valence electrons. The molecule has 0 amide bonds. The lowest BCUT2D eigenvalue weighted by Gasteiger charge is -2.39. The lowest BCUT2D eigenvalue weighted by Crippen LogP contribution is -2.60. The van der Waals surface area contributed by atoms with Gasteiger partial charge in [-0.05, 0) is 29.8 Å². The van der Waals surface area contributed by atoms with Crippen LogP contribution in [-0.2, 0) is 4.74 Å². The fraction of sp³-hybridized carbons (Fsp3) is 0.300. The van der Waals surface area contributed by atoms with E-state index >= 15 is 0 Å². The van der Waals surface area contributed by atoms with Gasteiger partial charge in [-0.1, -0.05) is 24.3 Å². The van der Waals surface area contributed by atoms with Crippen LogP contribution >= 0.6 is 0 Å². The summed E-state index contributed by atoms with van der Waals surface area (Å²) in [6.45, 7) is -0.558. The van der Waals surface area contributed by atoms with Crippen molar-refractivity contribution in [1.29, 1.82) is 0 Å². The highest BCUT2D eigenvalue weighted by molar-refractivity contribution is 5.73. The highest BCUT2D eigenvalue weighted by atomic mass is 16.7. The number of aromatic hydroxyl groups is 2. The van der Waals surface area contributed by atoms with Crippen LogP contribution in [0.1, 0.15) is 11.1 Å². The van der Waals surface area contributed by atoms with Crippen molar-refractivity contribution in [3.8, 4) is 17.2 Å². The Bertz CT molecular complexity index is 817. The van der Waals surface area contributed by atoms with Gasteiger partial charge in [0.25, 0.3) is 0 Å². The molecular formula is C20H22O8. The molecule has 0 spiro atoms. The molecule has 0 saturated carbocycles. The standard InChI is InChI=1S/C20H22O8/c21-10-16-17(24)18(25)19(26)20(28-16)27-14-8-5-12(15(23)9-14)4-1-11-2-6-13(22)7-3-11/h1-9,16-26H,10H2. The number of aliphatic hydroxyl groups excluding tert-OH is 4. The second-order valence-electron chi connectivity index (χ2n) is 6.46. The maximum Gasteiger partial charge on any atom is 0.229 e. The topological polar surface area (TPSA) is 140 Å². The van der Waals surface area contributed by atoms with Gasteiger partial charge in [-0.25, -0.2) is 0 Å². The average molecular weight is 390 g/mol. The molecule has 2 aromatic carbocycles. The second-order valence-corrected chi connectivity index (χ2v) is 6.46. The van der Waals surface area contributed by atoms with Crippen LogP contribution < -0.4 is 4.74 Å². The van der Waals surface area contributed by atoms with Crippen molar-refractivity contribution < 1.29 is 40.1 Å². The summed E-state index contributed by atoms with van der Waals surface area (Å²) >= 11 is 0. The fourth-order valence-corrected chi connectivity index (χ4v) is 2.81. The molecule has 1 fully saturated rings. The first-order chi connectivity index (χ1) is 13.4. The first kappa shape index (κ1) is 20.1. The molecular weight excluding hydrogens is 368 g/mol. The number of aliphatic hydroxyl groups is 4. The Kier molecular flexibility index (Phi) is 6.18. The van der Waals surface area contributed by atoms with Crippen LogP contribution in [0.2, 0.25) is 0 Å². The quantitative estimate of drug-likeness (QED) is 0.405. The van der Waals surface area contributed by atoms with E-state index in [2.05, 4.69) is 0 Å². The predicted molar refractivity (Wildman–Crippen MR) is 99.5 cm³/mol. The molecule has 1 saturated heterocycles. The predicted octanol–water partition coefficient (Wildman–Crippen LogP) is 0.447. The van der Waals surface area contributed by atoms with E-state index in [0.717, 1.165) is 5.56 Å². The Hall–Kier alpha value is -2.62. The average Bonchev–Trinajstić information content (AvgIpc) is 2.69. The number of phenolic OH excluding ortho intramolecular Hbond substituents is 2. The van der Waals surface area contributed by atoms with Crippen molar-refractivity contribution in [3.05, 3.63) is 53.6 Å². The lowest BCUT2D eigenvalue weighted by atomic mass is 9.99. The molecule has 2 aromatic rings. The highest BCUT2D eigenvalue weighted by Crippen LogP contribution is 2.29. The van der Waals surface area contributed by atoms with Gasteiger partial charge in [0.15, 0.2) is 0 Å². The highest BCUT2D eigenvalue weighted by Gasteiger charge is 2.44. The first-order valence-corrected chi connectivity index (χ1v) is 8.66. The summed E-state index contributed by atoms with van der Waals surface area (Å²) in [6, 6.07) is 11.0. The van der Waals surface area contributed by atoms with Gasteiger partial charge in [0.1, 0.15) is 41.7 Å². The van der Waals surface area contributed by atoms with Crippen LogP contribution in [0.15, 0.2) is 42.5 Å². The smallest absolute Gasteiger partial charge is 0.229 e. The van der Waals surface area contributed by atoms with Crippen LogP contribution in [0.25, 0.3) is 12.2 Å². The van der Waals surface area contributed by atoms with E-state index < -0.39 is 37.3 Å². The van der Waals surface area contributed by atoms with E-state index in [1.54, 1.807) is 42.5 Å². The molecule has 0 radical (unpaired) electrons. The first-order valence-electron chi connectivity index (χ1n) is 8.66. The Morgan fingerprint density at radius 1 is 0.893 bits per heavy atom. The summed E-state index contributed by atoms with van der Waals surface area (Å²) in [6.07, 6.45) is -3.52. The van der Waals surface area contributed by atoms with E-state index in [0.29, 0.717) is 5.56 Å². The molecule has 5 unspecified atom stereocenters. The molecule has 8 nitrogen and oxygen atoms in total. The van der Waals surface area contributed by atoms with Crippen molar-refractivity contribution in [2.24, 2.45) is 0 Å². The van der Waals surface area contributed by atoms with Crippen molar-refractivity contribution in [1.82, 2.24) is 0 Å². The van der Waals surface area contributed by atoms with Crippen LogP contribution in [0.4, 0.5) is 0 Å². The summed E-state index contributed by atoms with van der Waals surface area (Å²) < 4.78 is 10.7. The molecule has 1 aliphatic heterocycles. The molecule has 0 aliphatic carbocycles.